The van der Waals surface area contributed by atoms with Crippen LogP contribution < -0.4 is 16.0 Å². The van der Waals surface area contributed by atoms with Gasteiger partial charge in [-0.3, -0.25) is 5.84 Å². The number of halogens is 1. The standard InChI is InChI=1S/C13H14N2O.C9H7NO2.ClH/c14-15-12-6-8-13(9-7-12)16-10-11-4-2-1-3-5-11;11-9(12)8-5-6-3-1-2-4-7(6)10-8;/h1-9,15H,10,14H2;1-5,10H,(H,11,12);1H. The van der Waals surface area contributed by atoms with Crippen molar-refractivity contribution in [2.75, 3.05) is 5.43 Å². The Labute approximate surface area is 174 Å². The summed E-state index contributed by atoms with van der Waals surface area (Å²) in [5, 5.41) is 9.58. The van der Waals surface area contributed by atoms with Crippen LogP contribution in [0, 0.1) is 0 Å². The van der Waals surface area contributed by atoms with Gasteiger partial charge in [0, 0.05) is 16.6 Å². The highest BCUT2D eigenvalue weighted by atomic mass is 35.5. The zero-order valence-electron chi connectivity index (χ0n) is 15.5. The molecule has 6 nitrogen and oxygen atoms in total. The molecule has 4 aromatic rings. The molecule has 150 valence electrons. The molecule has 3 aromatic carbocycles. The number of carboxylic acids is 1. The van der Waals surface area contributed by atoms with Crippen molar-refractivity contribution in [3.05, 3.63) is 96.2 Å². The quantitative estimate of drug-likeness (QED) is 0.278. The third-order valence-corrected chi connectivity index (χ3v) is 4.03. The van der Waals surface area contributed by atoms with Crippen LogP contribution in [0.25, 0.3) is 10.9 Å². The summed E-state index contributed by atoms with van der Waals surface area (Å²) in [5.41, 5.74) is 5.69. The maximum Gasteiger partial charge on any atom is 0.352 e. The van der Waals surface area contributed by atoms with Gasteiger partial charge in [-0.25, -0.2) is 4.79 Å². The molecular formula is C22H22ClN3O3. The lowest BCUT2D eigenvalue weighted by Gasteiger charge is -2.06. The number of carboxylic acid groups (broad SMARTS) is 1. The molecule has 0 saturated heterocycles. The number of aromatic carboxylic acids is 1. The van der Waals surface area contributed by atoms with Gasteiger partial charge in [0.1, 0.15) is 18.1 Å². The topological polar surface area (TPSA) is 100 Å². The van der Waals surface area contributed by atoms with Gasteiger partial charge in [0.2, 0.25) is 0 Å². The largest absolute Gasteiger partial charge is 0.489 e. The summed E-state index contributed by atoms with van der Waals surface area (Å²) in [6, 6.07) is 26.7. The van der Waals surface area contributed by atoms with Crippen molar-refractivity contribution >= 4 is 35.0 Å². The Morgan fingerprint density at radius 2 is 1.62 bits per heavy atom. The molecule has 4 rings (SSSR count). The summed E-state index contributed by atoms with van der Waals surface area (Å²) in [4.78, 5) is 13.3. The number of benzene rings is 3. The second-order valence-electron chi connectivity index (χ2n) is 6.02. The minimum absolute atomic E-state index is 0. The second-order valence-corrected chi connectivity index (χ2v) is 6.02. The molecule has 0 saturated carbocycles. The number of nitrogen functional groups attached to an aromatic ring is 1. The molecule has 0 amide bonds. The molecule has 0 aliphatic carbocycles. The number of rotatable bonds is 5. The Kier molecular flexibility index (Phi) is 8.09. The summed E-state index contributed by atoms with van der Waals surface area (Å²) in [6.07, 6.45) is 0. The smallest absolute Gasteiger partial charge is 0.352 e. The van der Waals surface area contributed by atoms with Crippen LogP contribution in [0.3, 0.4) is 0 Å². The molecule has 29 heavy (non-hydrogen) atoms. The highest BCUT2D eigenvalue weighted by Gasteiger charge is 2.05. The number of aromatic amines is 1. The van der Waals surface area contributed by atoms with Crippen molar-refractivity contribution in [2.45, 2.75) is 6.61 Å². The number of ether oxygens (including phenoxy) is 1. The SMILES string of the molecule is Cl.NNc1ccc(OCc2ccccc2)cc1.O=C(O)c1cc2ccccc2[nH]1. The van der Waals surface area contributed by atoms with Gasteiger partial charge in [-0.2, -0.15) is 0 Å². The molecule has 7 heteroatoms. The van der Waals surface area contributed by atoms with Crippen LogP contribution in [0.1, 0.15) is 16.1 Å². The fourth-order valence-electron chi connectivity index (χ4n) is 2.58. The summed E-state index contributed by atoms with van der Waals surface area (Å²) in [7, 11) is 0. The first-order chi connectivity index (χ1) is 13.7. The Morgan fingerprint density at radius 1 is 0.966 bits per heavy atom. The average molecular weight is 412 g/mol. The highest BCUT2D eigenvalue weighted by Crippen LogP contribution is 2.16. The van der Waals surface area contributed by atoms with Crippen molar-refractivity contribution in [1.82, 2.24) is 4.98 Å². The zero-order valence-corrected chi connectivity index (χ0v) is 16.4. The summed E-state index contributed by atoms with van der Waals surface area (Å²) in [5.74, 6) is 5.19. The fraction of sp³-hybridized carbons (Fsp3) is 0.0455. The molecule has 1 aromatic heterocycles. The van der Waals surface area contributed by atoms with Gasteiger partial charge < -0.3 is 20.3 Å². The first kappa shape index (κ1) is 21.8. The molecule has 5 N–H and O–H groups in total. The average Bonchev–Trinajstić information content (AvgIpc) is 3.19. The van der Waals surface area contributed by atoms with Gasteiger partial charge in [0.05, 0.1) is 0 Å². The fourth-order valence-corrected chi connectivity index (χ4v) is 2.58. The number of hydrogen-bond acceptors (Lipinski definition) is 4. The number of aromatic nitrogens is 1. The number of hydrogen-bond donors (Lipinski definition) is 4. The van der Waals surface area contributed by atoms with E-state index in [4.69, 9.17) is 15.7 Å². The number of hydrazine groups is 1. The second kappa shape index (κ2) is 10.8. The first-order valence-corrected chi connectivity index (χ1v) is 8.70. The maximum absolute atomic E-state index is 10.5. The van der Waals surface area contributed by atoms with E-state index < -0.39 is 5.97 Å². The van der Waals surface area contributed by atoms with Gasteiger partial charge >= 0.3 is 5.97 Å². The van der Waals surface area contributed by atoms with Crippen LogP contribution >= 0.6 is 12.4 Å². The van der Waals surface area contributed by atoms with Gasteiger partial charge in [0.15, 0.2) is 0 Å². The van der Waals surface area contributed by atoms with Crippen molar-refractivity contribution < 1.29 is 14.6 Å². The van der Waals surface area contributed by atoms with E-state index in [1.807, 2.05) is 78.9 Å². The van der Waals surface area contributed by atoms with Crippen molar-refractivity contribution in [3.63, 3.8) is 0 Å². The van der Waals surface area contributed by atoms with Crippen LogP contribution in [0.15, 0.2) is 84.9 Å². The molecule has 0 atom stereocenters. The molecule has 0 aliphatic heterocycles. The summed E-state index contributed by atoms with van der Waals surface area (Å²) < 4.78 is 5.62. The number of H-pyrrole nitrogens is 1. The van der Waals surface area contributed by atoms with E-state index in [-0.39, 0.29) is 18.1 Å². The van der Waals surface area contributed by atoms with Gasteiger partial charge in [-0.05, 0) is 42.0 Å². The van der Waals surface area contributed by atoms with E-state index in [1.54, 1.807) is 6.07 Å². The molecular weight excluding hydrogens is 390 g/mol. The van der Waals surface area contributed by atoms with Crippen LogP contribution in [0.2, 0.25) is 0 Å². The molecule has 0 aliphatic rings. The van der Waals surface area contributed by atoms with Crippen molar-refractivity contribution in [2.24, 2.45) is 5.84 Å². The molecule has 0 radical (unpaired) electrons. The lowest BCUT2D eigenvalue weighted by atomic mass is 10.2. The van der Waals surface area contributed by atoms with E-state index in [1.165, 1.54) is 0 Å². The van der Waals surface area contributed by atoms with Crippen LogP contribution in [-0.2, 0) is 6.61 Å². The van der Waals surface area contributed by atoms with E-state index >= 15 is 0 Å². The van der Waals surface area contributed by atoms with E-state index in [0.29, 0.717) is 6.61 Å². The van der Waals surface area contributed by atoms with Crippen LogP contribution in [0.4, 0.5) is 5.69 Å². The normalized spacial score (nSPS) is 9.69. The van der Waals surface area contributed by atoms with E-state index in [2.05, 4.69) is 10.4 Å². The van der Waals surface area contributed by atoms with Crippen LogP contribution in [0.5, 0.6) is 5.75 Å². The summed E-state index contributed by atoms with van der Waals surface area (Å²) >= 11 is 0. The highest BCUT2D eigenvalue weighted by molar-refractivity contribution is 5.93. The Hall–Kier alpha value is -3.48. The molecule has 0 bridgehead atoms. The lowest BCUT2D eigenvalue weighted by Crippen LogP contribution is -2.06. The van der Waals surface area contributed by atoms with Gasteiger partial charge in [0.25, 0.3) is 0 Å². The number of para-hydroxylation sites is 1. The number of nitrogens with one attached hydrogen (secondary N) is 2. The van der Waals surface area contributed by atoms with Crippen LogP contribution in [-0.4, -0.2) is 16.1 Å². The van der Waals surface area contributed by atoms with E-state index in [9.17, 15) is 4.79 Å². The van der Waals surface area contributed by atoms with Crippen molar-refractivity contribution in [1.29, 1.82) is 0 Å². The molecule has 0 unspecified atom stereocenters. The Bertz CT molecular complexity index is 1000. The van der Waals surface area contributed by atoms with Gasteiger partial charge in [-0.15, -0.1) is 12.4 Å². The first-order valence-electron chi connectivity index (χ1n) is 8.70. The number of nitrogens with two attached hydrogens (primary N) is 1. The maximum atomic E-state index is 10.5. The Morgan fingerprint density at radius 3 is 2.24 bits per heavy atom. The minimum Gasteiger partial charge on any atom is -0.489 e. The predicted octanol–water partition coefficient (Wildman–Crippen LogP) is 4.84. The van der Waals surface area contributed by atoms with Gasteiger partial charge in [-0.1, -0.05) is 48.5 Å². The predicted molar refractivity (Wildman–Crippen MR) is 118 cm³/mol. The van der Waals surface area contributed by atoms with E-state index in [0.717, 1.165) is 27.9 Å². The number of fused-ring (bicyclic) bond motifs is 1. The molecule has 1 heterocycles. The monoisotopic (exact) mass is 411 g/mol. The third-order valence-electron chi connectivity index (χ3n) is 4.03. The summed E-state index contributed by atoms with van der Waals surface area (Å²) in [6.45, 7) is 0.580. The molecule has 0 spiro atoms. The minimum atomic E-state index is -0.925. The van der Waals surface area contributed by atoms with Crippen molar-refractivity contribution in [3.8, 4) is 5.75 Å². The zero-order chi connectivity index (χ0) is 19.8. The lowest BCUT2D eigenvalue weighted by molar-refractivity contribution is 0.0691. The third kappa shape index (κ3) is 6.27. The number of anilines is 1. The Balaban J connectivity index is 0.000000207. The molecule has 0 fully saturated rings. The number of carbonyl (C=O) groups is 1.